The van der Waals surface area contributed by atoms with Crippen LogP contribution in [0.3, 0.4) is 0 Å². The first kappa shape index (κ1) is 24.6. The number of hydrogen-bond acceptors (Lipinski definition) is 0. The zero-order chi connectivity index (χ0) is 27.9. The minimum Gasteiger partial charge on any atom is -0.0836 e. The number of rotatable bonds is 4. The Morgan fingerprint density at radius 1 is 0.381 bits per heavy atom. The van der Waals surface area contributed by atoms with E-state index in [4.69, 9.17) is 0 Å². The van der Waals surface area contributed by atoms with E-state index in [-0.39, 0.29) is 5.92 Å². The predicted molar refractivity (Wildman–Crippen MR) is 181 cm³/mol. The lowest BCUT2D eigenvalue weighted by Crippen LogP contribution is -2.04. The van der Waals surface area contributed by atoms with Crippen molar-refractivity contribution in [3.8, 4) is 33.4 Å². The minimum absolute atomic E-state index is 0.277. The Bertz CT molecular complexity index is 2090. The Labute approximate surface area is 246 Å². The summed E-state index contributed by atoms with van der Waals surface area (Å²) in [4.78, 5) is 0. The molecule has 7 aromatic rings. The molecule has 0 amide bonds. The van der Waals surface area contributed by atoms with E-state index in [0.717, 1.165) is 6.42 Å². The fourth-order valence-corrected chi connectivity index (χ4v) is 7.06. The van der Waals surface area contributed by atoms with Gasteiger partial charge < -0.3 is 0 Å². The van der Waals surface area contributed by atoms with Crippen molar-refractivity contribution in [1.29, 1.82) is 0 Å². The van der Waals surface area contributed by atoms with Crippen LogP contribution in [0.25, 0.3) is 65.7 Å². The van der Waals surface area contributed by atoms with Crippen LogP contribution < -0.4 is 0 Å². The molecule has 1 aliphatic carbocycles. The molecular weight excluding hydrogens is 504 g/mol. The molecule has 0 bridgehead atoms. The highest BCUT2D eigenvalue weighted by Crippen LogP contribution is 2.53. The highest BCUT2D eigenvalue weighted by atomic mass is 14.3. The standard InChI is InChI=1S/C42H30/c1-5-17-29(18-6-1)37-33-25-13-14-26-34(33)39(31-21-9-3-10-22-31)42-40(32-23-11-4-12-24-32)36-28-16-15-27-35(36)38(41(37)42)30-19-7-2-8-20-30/h1-23,25-28,32H,24H2. The van der Waals surface area contributed by atoms with Gasteiger partial charge in [0.15, 0.2) is 0 Å². The lowest BCUT2D eigenvalue weighted by molar-refractivity contribution is 0.870. The lowest BCUT2D eigenvalue weighted by atomic mass is 9.75. The molecule has 8 rings (SSSR count). The molecule has 198 valence electrons. The predicted octanol–water partition coefficient (Wildman–Crippen LogP) is 11.7. The van der Waals surface area contributed by atoms with E-state index in [1.165, 1.54) is 71.3 Å². The third-order valence-electron chi connectivity index (χ3n) is 8.76. The summed E-state index contributed by atoms with van der Waals surface area (Å²) in [7, 11) is 0. The van der Waals surface area contributed by atoms with Crippen LogP contribution in [-0.2, 0) is 0 Å². The molecule has 0 heterocycles. The molecule has 0 fully saturated rings. The second-order valence-electron chi connectivity index (χ2n) is 11.1. The Morgan fingerprint density at radius 2 is 0.786 bits per heavy atom. The van der Waals surface area contributed by atoms with E-state index in [1.54, 1.807) is 0 Å². The molecule has 0 N–H and O–H groups in total. The summed E-state index contributed by atoms with van der Waals surface area (Å²) in [6.07, 6.45) is 10.1. The average Bonchev–Trinajstić information content (AvgIpc) is 3.07. The van der Waals surface area contributed by atoms with Crippen molar-refractivity contribution >= 4 is 32.3 Å². The quantitative estimate of drug-likeness (QED) is 0.197. The number of allylic oxidation sites excluding steroid dienone is 4. The second-order valence-corrected chi connectivity index (χ2v) is 11.1. The molecule has 7 aromatic carbocycles. The van der Waals surface area contributed by atoms with Crippen molar-refractivity contribution < 1.29 is 0 Å². The molecule has 0 aliphatic heterocycles. The zero-order valence-corrected chi connectivity index (χ0v) is 23.4. The van der Waals surface area contributed by atoms with E-state index < -0.39 is 0 Å². The molecule has 0 spiro atoms. The van der Waals surface area contributed by atoms with Crippen LogP contribution >= 0.6 is 0 Å². The van der Waals surface area contributed by atoms with Gasteiger partial charge in [-0.2, -0.15) is 0 Å². The van der Waals surface area contributed by atoms with Gasteiger partial charge >= 0.3 is 0 Å². The van der Waals surface area contributed by atoms with E-state index >= 15 is 0 Å². The van der Waals surface area contributed by atoms with Crippen molar-refractivity contribution in [2.45, 2.75) is 12.3 Å². The molecule has 0 saturated carbocycles. The lowest BCUT2D eigenvalue weighted by Gasteiger charge is -2.27. The van der Waals surface area contributed by atoms with Gasteiger partial charge in [0.25, 0.3) is 0 Å². The first-order valence-electron chi connectivity index (χ1n) is 14.8. The second kappa shape index (κ2) is 10.3. The van der Waals surface area contributed by atoms with Gasteiger partial charge in [0.1, 0.15) is 0 Å². The maximum atomic E-state index is 2.40. The SMILES string of the molecule is C1=CCC(c2c3ccccc3c(-c3ccccc3)c3c(-c4ccccc4)c4ccccc4c(-c4ccccc4)c23)C=C1. The fourth-order valence-electron chi connectivity index (χ4n) is 7.06. The van der Waals surface area contributed by atoms with Crippen molar-refractivity contribution in [1.82, 2.24) is 0 Å². The van der Waals surface area contributed by atoms with Gasteiger partial charge in [0.05, 0.1) is 0 Å². The minimum atomic E-state index is 0.277. The summed E-state index contributed by atoms with van der Waals surface area (Å²) in [6, 6.07) is 51.1. The van der Waals surface area contributed by atoms with Crippen LogP contribution in [0.15, 0.2) is 164 Å². The van der Waals surface area contributed by atoms with Gasteiger partial charge in [-0.25, -0.2) is 0 Å². The molecule has 1 unspecified atom stereocenters. The first-order valence-corrected chi connectivity index (χ1v) is 14.8. The molecule has 42 heavy (non-hydrogen) atoms. The average molecular weight is 535 g/mol. The maximum Gasteiger partial charge on any atom is 0.00682 e. The van der Waals surface area contributed by atoms with Crippen molar-refractivity contribution in [3.63, 3.8) is 0 Å². The van der Waals surface area contributed by atoms with Crippen LogP contribution in [0, 0.1) is 0 Å². The molecule has 0 heteroatoms. The molecule has 1 aliphatic rings. The van der Waals surface area contributed by atoms with Gasteiger partial charge in [-0.05, 0) is 77.7 Å². The summed E-state index contributed by atoms with van der Waals surface area (Å²) in [6.45, 7) is 0. The Kier molecular flexibility index (Phi) is 6.04. The van der Waals surface area contributed by atoms with Gasteiger partial charge in [-0.1, -0.05) is 164 Å². The number of fused-ring (bicyclic) bond motifs is 3. The monoisotopic (exact) mass is 534 g/mol. The van der Waals surface area contributed by atoms with Crippen LogP contribution in [0.2, 0.25) is 0 Å². The van der Waals surface area contributed by atoms with Crippen LogP contribution in [-0.4, -0.2) is 0 Å². The summed E-state index contributed by atoms with van der Waals surface area (Å²) in [5, 5.41) is 7.91. The summed E-state index contributed by atoms with van der Waals surface area (Å²) < 4.78 is 0. The van der Waals surface area contributed by atoms with Crippen molar-refractivity contribution in [2.75, 3.05) is 0 Å². The first-order chi connectivity index (χ1) is 20.9. The van der Waals surface area contributed by atoms with Crippen LogP contribution in [0.5, 0.6) is 0 Å². The van der Waals surface area contributed by atoms with Crippen LogP contribution in [0.1, 0.15) is 17.9 Å². The summed E-state index contributed by atoms with van der Waals surface area (Å²) in [5.74, 6) is 0.277. The highest BCUT2D eigenvalue weighted by Gasteiger charge is 2.27. The van der Waals surface area contributed by atoms with Gasteiger partial charge in [-0.3, -0.25) is 0 Å². The van der Waals surface area contributed by atoms with Crippen molar-refractivity contribution in [3.05, 3.63) is 169 Å². The molecule has 1 atom stereocenters. The van der Waals surface area contributed by atoms with E-state index in [9.17, 15) is 0 Å². The number of hydrogen-bond donors (Lipinski definition) is 0. The van der Waals surface area contributed by atoms with Gasteiger partial charge in [0, 0.05) is 5.92 Å². The van der Waals surface area contributed by atoms with E-state index in [2.05, 4.69) is 164 Å². The number of benzene rings is 7. The Morgan fingerprint density at radius 3 is 1.24 bits per heavy atom. The zero-order valence-electron chi connectivity index (χ0n) is 23.4. The largest absolute Gasteiger partial charge is 0.0836 e. The third kappa shape index (κ3) is 3.91. The molecule has 0 saturated heterocycles. The van der Waals surface area contributed by atoms with Crippen molar-refractivity contribution in [2.24, 2.45) is 0 Å². The maximum absolute atomic E-state index is 2.40. The molecule has 0 aromatic heterocycles. The fraction of sp³-hybridized carbons (Fsp3) is 0.0476. The Balaban J connectivity index is 1.74. The van der Waals surface area contributed by atoms with E-state index in [0.29, 0.717) is 0 Å². The van der Waals surface area contributed by atoms with Crippen LogP contribution in [0.4, 0.5) is 0 Å². The normalized spacial score (nSPS) is 14.6. The Hall–Kier alpha value is -5.20. The topological polar surface area (TPSA) is 0 Å². The third-order valence-corrected chi connectivity index (χ3v) is 8.76. The molecule has 0 radical (unpaired) electrons. The van der Waals surface area contributed by atoms with Gasteiger partial charge in [0.2, 0.25) is 0 Å². The highest BCUT2D eigenvalue weighted by molar-refractivity contribution is 6.30. The molecular formula is C42H30. The van der Waals surface area contributed by atoms with Gasteiger partial charge in [-0.15, -0.1) is 0 Å². The molecule has 0 nitrogen and oxygen atoms in total. The smallest absolute Gasteiger partial charge is 0.00682 e. The summed E-state index contributed by atoms with van der Waals surface area (Å²) in [5.41, 5.74) is 9.10. The van der Waals surface area contributed by atoms with E-state index in [1.807, 2.05) is 0 Å². The summed E-state index contributed by atoms with van der Waals surface area (Å²) >= 11 is 0.